The molecule has 0 aromatic carbocycles. The number of anilines is 2. The number of hydrogen-bond donors (Lipinski definition) is 2. The van der Waals surface area contributed by atoms with E-state index in [0.717, 1.165) is 55.6 Å². The van der Waals surface area contributed by atoms with Gasteiger partial charge in [-0.3, -0.25) is 9.48 Å². The predicted octanol–water partition coefficient (Wildman–Crippen LogP) is 3.24. The summed E-state index contributed by atoms with van der Waals surface area (Å²) in [6, 6.07) is 5.78. The Labute approximate surface area is 142 Å². The van der Waals surface area contributed by atoms with Gasteiger partial charge in [0.05, 0.1) is 11.4 Å². The van der Waals surface area contributed by atoms with Gasteiger partial charge in [-0.1, -0.05) is 19.8 Å². The van der Waals surface area contributed by atoms with E-state index in [1.807, 2.05) is 22.9 Å². The molecule has 6 nitrogen and oxygen atoms in total. The molecule has 1 saturated carbocycles. The highest BCUT2D eigenvalue weighted by Gasteiger charge is 2.23. The Morgan fingerprint density at radius 2 is 2.08 bits per heavy atom. The number of carbonyl (C=O) groups excluding carboxylic acids is 1. The minimum atomic E-state index is 0.0546. The third-order valence-corrected chi connectivity index (χ3v) is 4.67. The molecule has 2 heterocycles. The van der Waals surface area contributed by atoms with Crippen LogP contribution in [0.4, 0.5) is 11.6 Å². The molecule has 1 aliphatic carbocycles. The Balaban J connectivity index is 1.82. The predicted molar refractivity (Wildman–Crippen MR) is 95.5 cm³/mol. The molecule has 3 N–H and O–H groups in total. The van der Waals surface area contributed by atoms with Crippen molar-refractivity contribution in [2.75, 3.05) is 11.1 Å². The maximum absolute atomic E-state index is 12.2. The summed E-state index contributed by atoms with van der Waals surface area (Å²) in [4.78, 5) is 16.6. The zero-order chi connectivity index (χ0) is 17.1. The lowest BCUT2D eigenvalue weighted by Gasteiger charge is -2.12. The molecule has 0 atom stereocenters. The van der Waals surface area contributed by atoms with E-state index in [2.05, 4.69) is 29.2 Å². The summed E-state index contributed by atoms with van der Waals surface area (Å²) < 4.78 is 1.93. The first-order valence-electron chi connectivity index (χ1n) is 8.76. The van der Waals surface area contributed by atoms with Crippen molar-refractivity contribution in [3.63, 3.8) is 0 Å². The van der Waals surface area contributed by atoms with E-state index in [9.17, 15) is 4.79 Å². The van der Waals surface area contributed by atoms with Crippen molar-refractivity contribution >= 4 is 17.5 Å². The molecule has 0 aliphatic heterocycles. The van der Waals surface area contributed by atoms with E-state index in [1.165, 1.54) is 0 Å². The van der Waals surface area contributed by atoms with Crippen LogP contribution in [0.15, 0.2) is 18.2 Å². The molecular weight excluding hydrogens is 302 g/mol. The first kappa shape index (κ1) is 16.5. The molecule has 2 aromatic heterocycles. The van der Waals surface area contributed by atoms with Crippen molar-refractivity contribution in [1.29, 1.82) is 0 Å². The molecule has 1 amide bonds. The van der Waals surface area contributed by atoms with Gasteiger partial charge in [0.1, 0.15) is 11.6 Å². The van der Waals surface area contributed by atoms with Gasteiger partial charge >= 0.3 is 0 Å². The molecule has 0 saturated heterocycles. The molecule has 3 rings (SSSR count). The number of nitrogens with two attached hydrogens (primary N) is 1. The van der Waals surface area contributed by atoms with Crippen LogP contribution >= 0.6 is 0 Å². The number of pyridine rings is 1. The smallest absolute Gasteiger partial charge is 0.228 e. The van der Waals surface area contributed by atoms with E-state index in [1.54, 1.807) is 0 Å². The zero-order valence-electron chi connectivity index (χ0n) is 14.4. The first-order valence-corrected chi connectivity index (χ1v) is 8.76. The largest absolute Gasteiger partial charge is 0.383 e. The van der Waals surface area contributed by atoms with Crippen LogP contribution in [0.25, 0.3) is 11.3 Å². The molecule has 0 radical (unpaired) electrons. The van der Waals surface area contributed by atoms with Gasteiger partial charge in [0.25, 0.3) is 0 Å². The fraction of sp³-hybridized carbons (Fsp3) is 0.500. The fourth-order valence-electron chi connectivity index (χ4n) is 3.28. The van der Waals surface area contributed by atoms with Gasteiger partial charge in [0.15, 0.2) is 0 Å². The van der Waals surface area contributed by atoms with Crippen molar-refractivity contribution in [3.8, 4) is 11.3 Å². The molecule has 6 heteroatoms. The summed E-state index contributed by atoms with van der Waals surface area (Å²) in [6.07, 6.45) is 5.08. The van der Waals surface area contributed by atoms with E-state index < -0.39 is 0 Å². The summed E-state index contributed by atoms with van der Waals surface area (Å²) >= 11 is 0. The maximum Gasteiger partial charge on any atom is 0.228 e. The Hall–Kier alpha value is -2.37. The summed E-state index contributed by atoms with van der Waals surface area (Å²) in [5.74, 6) is 1.10. The molecule has 2 aromatic rings. The molecule has 0 unspecified atom stereocenters. The van der Waals surface area contributed by atoms with Crippen LogP contribution in [0.2, 0.25) is 0 Å². The quantitative estimate of drug-likeness (QED) is 0.882. The van der Waals surface area contributed by atoms with Gasteiger partial charge < -0.3 is 11.1 Å². The third kappa shape index (κ3) is 3.27. The number of hydrogen-bond acceptors (Lipinski definition) is 4. The molecular formula is C18H25N5O. The molecule has 1 fully saturated rings. The molecule has 24 heavy (non-hydrogen) atoms. The Morgan fingerprint density at radius 1 is 1.33 bits per heavy atom. The van der Waals surface area contributed by atoms with Crippen molar-refractivity contribution in [1.82, 2.24) is 14.8 Å². The average molecular weight is 327 g/mol. The van der Waals surface area contributed by atoms with Crippen LogP contribution in [0.3, 0.4) is 0 Å². The lowest BCUT2D eigenvalue weighted by molar-refractivity contribution is -0.119. The number of carbonyl (C=O) groups is 1. The number of nitrogens with one attached hydrogen (secondary N) is 1. The van der Waals surface area contributed by atoms with Crippen molar-refractivity contribution in [2.45, 2.75) is 52.5 Å². The fourth-order valence-corrected chi connectivity index (χ4v) is 3.28. The minimum absolute atomic E-state index is 0.0546. The number of rotatable bonds is 5. The molecule has 128 valence electrons. The van der Waals surface area contributed by atoms with Crippen LogP contribution in [0.1, 0.15) is 45.2 Å². The molecule has 1 aliphatic rings. The number of aryl methyl sites for hydroxylation is 2. The number of nitrogen functional groups attached to an aromatic ring is 1. The number of aromatic nitrogens is 3. The second-order valence-corrected chi connectivity index (χ2v) is 6.29. The zero-order valence-corrected chi connectivity index (χ0v) is 14.4. The summed E-state index contributed by atoms with van der Waals surface area (Å²) in [7, 11) is 0. The van der Waals surface area contributed by atoms with Gasteiger partial charge in [-0.05, 0) is 44.4 Å². The normalized spacial score (nSPS) is 14.9. The number of nitrogens with zero attached hydrogens (tertiary/aromatic N) is 3. The van der Waals surface area contributed by atoms with Crippen molar-refractivity contribution < 1.29 is 4.79 Å². The van der Waals surface area contributed by atoms with Crippen LogP contribution in [-0.2, 0) is 17.8 Å². The Morgan fingerprint density at radius 3 is 2.71 bits per heavy atom. The lowest BCUT2D eigenvalue weighted by atomic mass is 10.1. The third-order valence-electron chi connectivity index (χ3n) is 4.67. The first-order chi connectivity index (χ1) is 11.6. The Bertz CT molecular complexity index is 731. The van der Waals surface area contributed by atoms with E-state index in [4.69, 9.17) is 5.73 Å². The summed E-state index contributed by atoms with van der Waals surface area (Å²) in [5.41, 5.74) is 9.00. The van der Waals surface area contributed by atoms with Crippen LogP contribution in [-0.4, -0.2) is 20.7 Å². The Kier molecular flexibility index (Phi) is 4.83. The van der Waals surface area contributed by atoms with E-state index in [-0.39, 0.29) is 11.8 Å². The second kappa shape index (κ2) is 7.03. The average Bonchev–Trinajstić information content (AvgIpc) is 3.24. The van der Waals surface area contributed by atoms with Crippen LogP contribution < -0.4 is 11.1 Å². The van der Waals surface area contributed by atoms with Gasteiger partial charge in [-0.15, -0.1) is 0 Å². The topological polar surface area (TPSA) is 85.8 Å². The number of amides is 1. The minimum Gasteiger partial charge on any atom is -0.383 e. The van der Waals surface area contributed by atoms with Crippen LogP contribution in [0, 0.1) is 5.92 Å². The standard InChI is InChI=1S/C18H25N5O/c1-3-13-11-15(23(4-2)22-13)14-9-10-16(20-17(14)19)21-18(24)12-7-5-6-8-12/h9-12H,3-8H2,1-2H3,(H3,19,20,21,24). The molecule has 0 bridgehead atoms. The van der Waals surface area contributed by atoms with Gasteiger partial charge in [0, 0.05) is 18.0 Å². The maximum atomic E-state index is 12.2. The monoisotopic (exact) mass is 327 g/mol. The highest BCUT2D eigenvalue weighted by Crippen LogP contribution is 2.29. The van der Waals surface area contributed by atoms with Crippen molar-refractivity contribution in [3.05, 3.63) is 23.9 Å². The summed E-state index contributed by atoms with van der Waals surface area (Å²) in [6.45, 7) is 4.90. The highest BCUT2D eigenvalue weighted by molar-refractivity contribution is 5.92. The van der Waals surface area contributed by atoms with Gasteiger partial charge in [-0.2, -0.15) is 5.10 Å². The second-order valence-electron chi connectivity index (χ2n) is 6.29. The molecule has 0 spiro atoms. The van der Waals surface area contributed by atoms with Crippen LogP contribution in [0.5, 0.6) is 0 Å². The lowest BCUT2D eigenvalue weighted by Crippen LogP contribution is -2.21. The van der Waals surface area contributed by atoms with E-state index >= 15 is 0 Å². The highest BCUT2D eigenvalue weighted by atomic mass is 16.1. The van der Waals surface area contributed by atoms with Gasteiger partial charge in [0.2, 0.25) is 5.91 Å². The van der Waals surface area contributed by atoms with E-state index in [0.29, 0.717) is 11.6 Å². The van der Waals surface area contributed by atoms with Crippen molar-refractivity contribution in [2.24, 2.45) is 5.92 Å². The van der Waals surface area contributed by atoms with Gasteiger partial charge in [-0.25, -0.2) is 4.98 Å². The summed E-state index contributed by atoms with van der Waals surface area (Å²) in [5, 5.41) is 7.45. The SMILES string of the molecule is CCc1cc(-c2ccc(NC(=O)C3CCCC3)nc2N)n(CC)n1.